The molecule has 1 heterocycles. The van der Waals surface area contributed by atoms with Gasteiger partial charge in [-0.2, -0.15) is 0 Å². The highest BCUT2D eigenvalue weighted by atomic mass is 32.2. The molecule has 3 aromatic rings. The first-order valence-corrected chi connectivity index (χ1v) is 8.96. The number of esters is 1. The second kappa shape index (κ2) is 6.52. The topological polar surface area (TPSA) is 85.4 Å². The molecule has 6 nitrogen and oxygen atoms in total. The Morgan fingerprint density at radius 3 is 2.60 bits per heavy atom. The van der Waals surface area contributed by atoms with Crippen molar-refractivity contribution in [1.82, 2.24) is 4.98 Å². The Morgan fingerprint density at radius 2 is 1.88 bits per heavy atom. The van der Waals surface area contributed by atoms with Gasteiger partial charge in [0, 0.05) is 11.6 Å². The molecule has 0 aliphatic rings. The zero-order chi connectivity index (χ0) is 18.0. The van der Waals surface area contributed by atoms with Gasteiger partial charge >= 0.3 is 5.97 Å². The number of aromatic nitrogens is 1. The molecule has 0 fully saturated rings. The van der Waals surface area contributed by atoms with Crippen molar-refractivity contribution >= 4 is 32.6 Å². The number of aryl methyl sites for hydroxylation is 1. The fourth-order valence-electron chi connectivity index (χ4n) is 2.52. The average molecular weight is 356 g/mol. The van der Waals surface area contributed by atoms with Gasteiger partial charge < -0.3 is 4.74 Å². The maximum atomic E-state index is 12.8. The number of carbonyl (C=O) groups is 1. The summed E-state index contributed by atoms with van der Waals surface area (Å²) in [5, 5.41) is 0.739. The molecular formula is C18H16N2O4S. The molecule has 2 aromatic carbocycles. The summed E-state index contributed by atoms with van der Waals surface area (Å²) in [6, 6.07) is 13.2. The van der Waals surface area contributed by atoms with E-state index in [-0.39, 0.29) is 4.90 Å². The number of anilines is 1. The van der Waals surface area contributed by atoms with Gasteiger partial charge in [0.25, 0.3) is 10.0 Å². The van der Waals surface area contributed by atoms with Crippen molar-refractivity contribution in [2.24, 2.45) is 0 Å². The standard InChI is InChI=1S/C18H16N2O4S/c1-12-11-14(18(21)24-2)8-9-15(12)20-25(22,23)16-7-3-5-13-6-4-10-19-17(13)16/h3-11,20H,1-2H3. The lowest BCUT2D eigenvalue weighted by Gasteiger charge is -2.12. The van der Waals surface area contributed by atoms with Gasteiger partial charge in [-0.3, -0.25) is 9.71 Å². The molecule has 0 saturated heterocycles. The Labute approximate surface area is 145 Å². The van der Waals surface area contributed by atoms with Gasteiger partial charge in [0.15, 0.2) is 0 Å². The van der Waals surface area contributed by atoms with Gasteiger partial charge in [0.1, 0.15) is 4.90 Å². The number of fused-ring (bicyclic) bond motifs is 1. The number of ether oxygens (including phenoxy) is 1. The van der Waals surface area contributed by atoms with Crippen molar-refractivity contribution in [2.45, 2.75) is 11.8 Å². The van der Waals surface area contributed by atoms with E-state index in [2.05, 4.69) is 14.4 Å². The minimum absolute atomic E-state index is 0.0991. The lowest BCUT2D eigenvalue weighted by molar-refractivity contribution is 0.0600. The summed E-state index contributed by atoms with van der Waals surface area (Å²) in [7, 11) is -2.54. The van der Waals surface area contributed by atoms with Crippen LogP contribution in [0.25, 0.3) is 10.9 Å². The third-order valence-electron chi connectivity index (χ3n) is 3.78. The summed E-state index contributed by atoms with van der Waals surface area (Å²) >= 11 is 0. The molecule has 128 valence electrons. The minimum Gasteiger partial charge on any atom is -0.465 e. The van der Waals surface area contributed by atoms with Crippen molar-refractivity contribution < 1.29 is 17.9 Å². The summed E-state index contributed by atoms with van der Waals surface area (Å²) in [4.78, 5) is 15.8. The van der Waals surface area contributed by atoms with Crippen molar-refractivity contribution in [3.05, 3.63) is 65.9 Å². The van der Waals surface area contributed by atoms with Crippen LogP contribution in [-0.2, 0) is 14.8 Å². The molecule has 1 N–H and O–H groups in total. The van der Waals surface area contributed by atoms with Crippen LogP contribution >= 0.6 is 0 Å². The third kappa shape index (κ3) is 3.32. The molecule has 0 radical (unpaired) electrons. The number of rotatable bonds is 4. The molecule has 7 heteroatoms. The Hall–Kier alpha value is -2.93. The monoisotopic (exact) mass is 356 g/mol. The van der Waals surface area contributed by atoms with Gasteiger partial charge in [-0.15, -0.1) is 0 Å². The predicted octanol–water partition coefficient (Wildman–Crippen LogP) is 3.13. The molecule has 0 aliphatic carbocycles. The van der Waals surface area contributed by atoms with Crippen molar-refractivity contribution in [2.75, 3.05) is 11.8 Å². The third-order valence-corrected chi connectivity index (χ3v) is 5.17. The molecule has 3 rings (SSSR count). The smallest absolute Gasteiger partial charge is 0.337 e. The maximum absolute atomic E-state index is 12.8. The van der Waals surface area contributed by atoms with Crippen LogP contribution in [0.2, 0.25) is 0 Å². The fourth-order valence-corrected chi connectivity index (χ4v) is 3.83. The summed E-state index contributed by atoms with van der Waals surface area (Å²) in [6.07, 6.45) is 1.55. The lowest BCUT2D eigenvalue weighted by Crippen LogP contribution is -2.15. The highest BCUT2D eigenvalue weighted by Crippen LogP contribution is 2.25. The van der Waals surface area contributed by atoms with Crippen LogP contribution in [0.15, 0.2) is 59.6 Å². The van der Waals surface area contributed by atoms with E-state index in [0.29, 0.717) is 22.3 Å². The van der Waals surface area contributed by atoms with Crippen LogP contribution in [-0.4, -0.2) is 26.5 Å². The highest BCUT2D eigenvalue weighted by molar-refractivity contribution is 7.93. The average Bonchev–Trinajstić information content (AvgIpc) is 2.62. The number of benzene rings is 2. The quantitative estimate of drug-likeness (QED) is 0.726. The highest BCUT2D eigenvalue weighted by Gasteiger charge is 2.19. The SMILES string of the molecule is COC(=O)c1ccc(NS(=O)(=O)c2cccc3cccnc23)c(C)c1. The van der Waals surface area contributed by atoms with E-state index in [0.717, 1.165) is 5.39 Å². The molecule has 0 atom stereocenters. The van der Waals surface area contributed by atoms with Crippen LogP contribution in [0.4, 0.5) is 5.69 Å². The molecular weight excluding hydrogens is 340 g/mol. The molecule has 0 unspecified atom stereocenters. The maximum Gasteiger partial charge on any atom is 0.337 e. The van der Waals surface area contributed by atoms with E-state index in [1.165, 1.54) is 25.3 Å². The summed E-state index contributed by atoms with van der Waals surface area (Å²) in [6.45, 7) is 1.71. The number of hydrogen-bond donors (Lipinski definition) is 1. The molecule has 0 saturated carbocycles. The summed E-state index contributed by atoms with van der Waals surface area (Å²) in [5.41, 5.74) is 1.76. The predicted molar refractivity (Wildman–Crippen MR) is 95.1 cm³/mol. The van der Waals surface area contributed by atoms with Crippen LogP contribution in [0.5, 0.6) is 0 Å². The van der Waals surface area contributed by atoms with Gasteiger partial charge in [0.05, 0.1) is 23.9 Å². The minimum atomic E-state index is -3.83. The first kappa shape index (κ1) is 16.9. The van der Waals surface area contributed by atoms with Gasteiger partial charge in [0.2, 0.25) is 0 Å². The number of pyridine rings is 1. The second-order valence-corrected chi connectivity index (χ2v) is 7.11. The van der Waals surface area contributed by atoms with Crippen molar-refractivity contribution in [3.8, 4) is 0 Å². The van der Waals surface area contributed by atoms with Crippen LogP contribution in [0.3, 0.4) is 0 Å². The zero-order valence-electron chi connectivity index (χ0n) is 13.7. The second-order valence-electron chi connectivity index (χ2n) is 5.46. The van der Waals surface area contributed by atoms with E-state index in [9.17, 15) is 13.2 Å². The van der Waals surface area contributed by atoms with E-state index < -0.39 is 16.0 Å². The van der Waals surface area contributed by atoms with Gasteiger partial charge in [-0.1, -0.05) is 18.2 Å². The molecule has 0 bridgehead atoms. The van der Waals surface area contributed by atoms with Gasteiger partial charge in [-0.25, -0.2) is 13.2 Å². The largest absolute Gasteiger partial charge is 0.465 e. The van der Waals surface area contributed by atoms with Crippen molar-refractivity contribution in [3.63, 3.8) is 0 Å². The normalized spacial score (nSPS) is 11.3. The van der Waals surface area contributed by atoms with Crippen molar-refractivity contribution in [1.29, 1.82) is 0 Å². The fraction of sp³-hybridized carbons (Fsp3) is 0.111. The van der Waals surface area contributed by atoms with E-state index >= 15 is 0 Å². The first-order chi connectivity index (χ1) is 11.9. The molecule has 0 amide bonds. The number of nitrogens with one attached hydrogen (secondary N) is 1. The molecule has 0 spiro atoms. The van der Waals surface area contributed by atoms with Crippen LogP contribution < -0.4 is 4.72 Å². The summed E-state index contributed by atoms with van der Waals surface area (Å²) < 4.78 is 32.8. The first-order valence-electron chi connectivity index (χ1n) is 7.48. The van der Waals surface area contributed by atoms with Gasteiger partial charge in [-0.05, 0) is 42.8 Å². The number of methoxy groups -OCH3 is 1. The number of sulfonamides is 1. The Balaban J connectivity index is 2.00. The van der Waals surface area contributed by atoms with E-state index in [1.807, 2.05) is 0 Å². The Kier molecular flexibility index (Phi) is 4.41. The van der Waals surface area contributed by atoms with E-state index in [4.69, 9.17) is 0 Å². The zero-order valence-corrected chi connectivity index (χ0v) is 14.5. The lowest BCUT2D eigenvalue weighted by atomic mass is 10.1. The number of hydrogen-bond acceptors (Lipinski definition) is 5. The Bertz CT molecular complexity index is 1060. The number of nitrogens with zero attached hydrogens (tertiary/aromatic N) is 1. The molecule has 1 aromatic heterocycles. The molecule has 25 heavy (non-hydrogen) atoms. The van der Waals surface area contributed by atoms with Crippen LogP contribution in [0, 0.1) is 6.92 Å². The summed E-state index contributed by atoms with van der Waals surface area (Å²) in [5.74, 6) is -0.476. The van der Waals surface area contributed by atoms with E-state index in [1.54, 1.807) is 43.5 Å². The Morgan fingerprint density at radius 1 is 1.12 bits per heavy atom. The molecule has 0 aliphatic heterocycles. The number of carbonyl (C=O) groups excluding carboxylic acids is 1. The number of para-hydroxylation sites is 1. The van der Waals surface area contributed by atoms with Crippen LogP contribution in [0.1, 0.15) is 15.9 Å².